The zero-order chi connectivity index (χ0) is 13.1. The first-order valence-corrected chi connectivity index (χ1v) is 6.03. The fourth-order valence-electron chi connectivity index (χ4n) is 1.88. The van der Waals surface area contributed by atoms with Crippen molar-refractivity contribution in [2.75, 3.05) is 13.1 Å². The fourth-order valence-corrected chi connectivity index (χ4v) is 1.88. The van der Waals surface area contributed by atoms with E-state index in [0.717, 1.165) is 0 Å². The average Bonchev–Trinajstić information content (AvgIpc) is 2.15. The maximum atomic E-state index is 14.1. The number of carbonyl (C=O) groups is 1. The van der Waals surface area contributed by atoms with Gasteiger partial charge in [-0.1, -0.05) is 6.08 Å². The predicted octanol–water partition coefficient (Wildman–Crippen LogP) is 3.30. The molecule has 98 valence electrons. The van der Waals surface area contributed by atoms with Crippen molar-refractivity contribution in [3.63, 3.8) is 0 Å². The minimum absolute atomic E-state index is 0.349. The maximum Gasteiger partial charge on any atom is 0.410 e. The van der Waals surface area contributed by atoms with E-state index in [1.807, 2.05) is 20.8 Å². The zero-order valence-corrected chi connectivity index (χ0v) is 11.0. The van der Waals surface area contributed by atoms with Crippen LogP contribution >= 0.6 is 0 Å². The van der Waals surface area contributed by atoms with E-state index in [1.165, 1.54) is 0 Å². The summed E-state index contributed by atoms with van der Waals surface area (Å²) >= 11 is 0. The summed E-state index contributed by atoms with van der Waals surface area (Å²) in [7, 11) is 0. The molecule has 1 aliphatic heterocycles. The third-order valence-electron chi connectivity index (χ3n) is 2.82. The molecule has 1 fully saturated rings. The molecule has 1 amide bonds. The second kappa shape index (κ2) is 5.07. The molecule has 1 rings (SSSR count). The van der Waals surface area contributed by atoms with Crippen molar-refractivity contribution >= 4 is 6.09 Å². The number of hydrogen-bond acceptors (Lipinski definition) is 2. The molecule has 3 nitrogen and oxygen atoms in total. The topological polar surface area (TPSA) is 29.5 Å². The van der Waals surface area contributed by atoms with Gasteiger partial charge in [-0.2, -0.15) is 0 Å². The summed E-state index contributed by atoms with van der Waals surface area (Å²) in [6, 6.07) is 0. The smallest absolute Gasteiger partial charge is 0.410 e. The number of hydrogen-bond donors (Lipinski definition) is 0. The van der Waals surface area contributed by atoms with Crippen molar-refractivity contribution in [1.29, 1.82) is 0 Å². The van der Waals surface area contributed by atoms with E-state index in [2.05, 4.69) is 6.58 Å². The van der Waals surface area contributed by atoms with E-state index in [4.69, 9.17) is 4.74 Å². The lowest BCUT2D eigenvalue weighted by atomic mass is 9.90. The minimum Gasteiger partial charge on any atom is -0.444 e. The highest BCUT2D eigenvalue weighted by Gasteiger charge is 2.36. The van der Waals surface area contributed by atoms with Crippen LogP contribution in [0.4, 0.5) is 9.18 Å². The number of ether oxygens (including phenoxy) is 1. The molecular weight excluding hydrogens is 221 g/mol. The van der Waals surface area contributed by atoms with E-state index >= 15 is 0 Å². The number of likely N-dealkylation sites (tertiary alicyclic amines) is 1. The molecule has 0 N–H and O–H groups in total. The molecule has 0 saturated carbocycles. The number of rotatable bonds is 2. The summed E-state index contributed by atoms with van der Waals surface area (Å²) in [6.45, 7) is 9.87. The lowest BCUT2D eigenvalue weighted by molar-refractivity contribution is 0.00392. The van der Waals surface area contributed by atoms with Crippen molar-refractivity contribution in [2.45, 2.75) is 51.3 Å². The van der Waals surface area contributed by atoms with Gasteiger partial charge < -0.3 is 9.64 Å². The first-order valence-electron chi connectivity index (χ1n) is 6.03. The van der Waals surface area contributed by atoms with Crippen LogP contribution in [0.25, 0.3) is 0 Å². The third-order valence-corrected chi connectivity index (χ3v) is 2.82. The van der Waals surface area contributed by atoms with E-state index in [0.29, 0.717) is 32.4 Å². The van der Waals surface area contributed by atoms with Crippen LogP contribution in [0, 0.1) is 0 Å². The Morgan fingerprint density at radius 2 is 2.00 bits per heavy atom. The summed E-state index contributed by atoms with van der Waals surface area (Å²) in [5, 5.41) is 0. The van der Waals surface area contributed by atoms with Gasteiger partial charge in [-0.15, -0.1) is 6.58 Å². The van der Waals surface area contributed by atoms with Crippen molar-refractivity contribution < 1.29 is 13.9 Å². The van der Waals surface area contributed by atoms with Crippen molar-refractivity contribution in [2.24, 2.45) is 0 Å². The van der Waals surface area contributed by atoms with Crippen LogP contribution in [-0.2, 0) is 4.74 Å². The van der Waals surface area contributed by atoms with Crippen LogP contribution in [-0.4, -0.2) is 35.4 Å². The molecule has 1 saturated heterocycles. The van der Waals surface area contributed by atoms with Gasteiger partial charge in [0.05, 0.1) is 0 Å². The molecule has 0 spiro atoms. The van der Waals surface area contributed by atoms with Gasteiger partial charge in [-0.3, -0.25) is 0 Å². The Hall–Kier alpha value is -1.06. The highest BCUT2D eigenvalue weighted by atomic mass is 19.1. The maximum absolute atomic E-state index is 14.1. The highest BCUT2D eigenvalue weighted by molar-refractivity contribution is 5.68. The molecule has 1 heterocycles. The molecule has 1 aliphatic rings. The SMILES string of the molecule is C=CCC1(F)CCN(C(=O)OC(C)(C)C)CC1. The number of allylic oxidation sites excluding steroid dienone is 1. The quantitative estimate of drug-likeness (QED) is 0.696. The second-order valence-corrected chi connectivity index (χ2v) is 5.61. The summed E-state index contributed by atoms with van der Waals surface area (Å²) in [6.07, 6.45) is 2.33. The summed E-state index contributed by atoms with van der Waals surface area (Å²) < 4.78 is 19.3. The largest absolute Gasteiger partial charge is 0.444 e. The van der Waals surface area contributed by atoms with Crippen LogP contribution in [0.1, 0.15) is 40.0 Å². The summed E-state index contributed by atoms with van der Waals surface area (Å²) in [4.78, 5) is 13.3. The molecule has 0 aliphatic carbocycles. The van der Waals surface area contributed by atoms with E-state index in [-0.39, 0.29) is 6.09 Å². The van der Waals surface area contributed by atoms with E-state index in [9.17, 15) is 9.18 Å². The van der Waals surface area contributed by atoms with Crippen LogP contribution in [0.2, 0.25) is 0 Å². The second-order valence-electron chi connectivity index (χ2n) is 5.61. The number of carbonyl (C=O) groups excluding carboxylic acids is 1. The Labute approximate surface area is 103 Å². The Morgan fingerprint density at radius 1 is 1.47 bits per heavy atom. The third kappa shape index (κ3) is 4.36. The lowest BCUT2D eigenvalue weighted by Crippen LogP contribution is -2.46. The van der Waals surface area contributed by atoms with Gasteiger partial charge in [0.25, 0.3) is 0 Å². The average molecular weight is 243 g/mol. The number of halogens is 1. The van der Waals surface area contributed by atoms with Gasteiger partial charge in [0, 0.05) is 13.1 Å². The summed E-state index contributed by atoms with van der Waals surface area (Å²) in [5.74, 6) is 0. The first-order chi connectivity index (χ1) is 7.76. The zero-order valence-electron chi connectivity index (χ0n) is 11.0. The van der Waals surface area contributed by atoms with Crippen molar-refractivity contribution in [1.82, 2.24) is 4.90 Å². The van der Waals surface area contributed by atoms with Gasteiger partial charge in [0.15, 0.2) is 0 Å². The predicted molar refractivity (Wildman–Crippen MR) is 65.7 cm³/mol. The number of piperidine rings is 1. The monoisotopic (exact) mass is 243 g/mol. The van der Waals surface area contributed by atoms with Crippen LogP contribution in [0.15, 0.2) is 12.7 Å². The highest BCUT2D eigenvalue weighted by Crippen LogP contribution is 2.30. The van der Waals surface area contributed by atoms with Gasteiger partial charge >= 0.3 is 6.09 Å². The Kier molecular flexibility index (Phi) is 4.17. The van der Waals surface area contributed by atoms with Crippen LogP contribution in [0.5, 0.6) is 0 Å². The number of nitrogens with zero attached hydrogens (tertiary/aromatic N) is 1. The van der Waals surface area contributed by atoms with Gasteiger partial charge in [-0.05, 0) is 40.0 Å². The van der Waals surface area contributed by atoms with Gasteiger partial charge in [0.2, 0.25) is 0 Å². The normalized spacial score (nSPS) is 19.9. The van der Waals surface area contributed by atoms with Gasteiger partial charge in [-0.25, -0.2) is 9.18 Å². The van der Waals surface area contributed by atoms with Crippen molar-refractivity contribution in [3.8, 4) is 0 Å². The Morgan fingerprint density at radius 3 is 2.41 bits per heavy atom. The Balaban J connectivity index is 2.46. The molecule has 0 radical (unpaired) electrons. The van der Waals surface area contributed by atoms with Gasteiger partial charge in [0.1, 0.15) is 11.3 Å². The molecule has 17 heavy (non-hydrogen) atoms. The van der Waals surface area contributed by atoms with Crippen LogP contribution < -0.4 is 0 Å². The molecule has 0 aromatic rings. The van der Waals surface area contributed by atoms with Crippen LogP contribution in [0.3, 0.4) is 0 Å². The molecular formula is C13H22FNO2. The molecule has 0 unspecified atom stereocenters. The fraction of sp³-hybridized carbons (Fsp3) is 0.769. The molecule has 0 aromatic carbocycles. The number of amides is 1. The molecule has 0 bridgehead atoms. The first kappa shape index (κ1) is 14.0. The Bertz CT molecular complexity index is 288. The van der Waals surface area contributed by atoms with E-state index in [1.54, 1.807) is 11.0 Å². The molecule has 0 aromatic heterocycles. The van der Waals surface area contributed by atoms with Crippen molar-refractivity contribution in [3.05, 3.63) is 12.7 Å². The standard InChI is InChI=1S/C13H22FNO2/c1-5-6-13(14)7-9-15(10-8-13)11(16)17-12(2,3)4/h5H,1,6-10H2,2-4H3. The lowest BCUT2D eigenvalue weighted by Gasteiger charge is -2.36. The summed E-state index contributed by atoms with van der Waals surface area (Å²) in [5.41, 5.74) is -1.69. The van der Waals surface area contributed by atoms with E-state index < -0.39 is 11.3 Å². The molecule has 4 heteroatoms. The minimum atomic E-state index is -1.19. The number of alkyl halides is 1. The molecule has 0 atom stereocenters.